The van der Waals surface area contributed by atoms with Crippen molar-refractivity contribution in [2.75, 3.05) is 11.8 Å². The Hall–Kier alpha value is -1.76. The van der Waals surface area contributed by atoms with Gasteiger partial charge < -0.3 is 4.74 Å². The molecule has 1 N–H and O–H groups in total. The van der Waals surface area contributed by atoms with Crippen LogP contribution in [0, 0.1) is 0 Å². The summed E-state index contributed by atoms with van der Waals surface area (Å²) in [5.74, 6) is -0.663. The molecule has 0 aliphatic heterocycles. The SMILES string of the molecule is COC(=O)c1cc(NS(=O)(=O)c2ccccc2Cl)ccc1Cl. The first-order valence-electron chi connectivity index (χ1n) is 6.00. The topological polar surface area (TPSA) is 72.5 Å². The van der Waals surface area contributed by atoms with Crippen LogP contribution in [0.3, 0.4) is 0 Å². The van der Waals surface area contributed by atoms with E-state index in [0.29, 0.717) is 0 Å². The zero-order valence-electron chi connectivity index (χ0n) is 11.3. The van der Waals surface area contributed by atoms with Crippen molar-refractivity contribution in [1.29, 1.82) is 0 Å². The molecule has 0 unspecified atom stereocenters. The van der Waals surface area contributed by atoms with Gasteiger partial charge in [0.1, 0.15) is 4.90 Å². The minimum absolute atomic E-state index is 0.0588. The fourth-order valence-corrected chi connectivity index (χ4v) is 3.49. The molecule has 0 atom stereocenters. The zero-order chi connectivity index (χ0) is 16.3. The summed E-state index contributed by atoms with van der Waals surface area (Å²) in [6.45, 7) is 0. The van der Waals surface area contributed by atoms with Crippen LogP contribution in [0.1, 0.15) is 10.4 Å². The van der Waals surface area contributed by atoms with Gasteiger partial charge in [0.05, 0.1) is 22.7 Å². The van der Waals surface area contributed by atoms with Crippen molar-refractivity contribution in [3.8, 4) is 0 Å². The Labute approximate surface area is 137 Å². The predicted octanol–water partition coefficient (Wildman–Crippen LogP) is 3.58. The molecule has 0 aliphatic rings. The summed E-state index contributed by atoms with van der Waals surface area (Å²) >= 11 is 11.8. The van der Waals surface area contributed by atoms with E-state index < -0.39 is 16.0 Å². The lowest BCUT2D eigenvalue weighted by Crippen LogP contribution is -2.14. The number of nitrogens with one attached hydrogen (secondary N) is 1. The van der Waals surface area contributed by atoms with Gasteiger partial charge >= 0.3 is 5.97 Å². The summed E-state index contributed by atoms with van der Waals surface area (Å²) < 4.78 is 31.6. The number of carbonyl (C=O) groups excluding carboxylic acids is 1. The van der Waals surface area contributed by atoms with Gasteiger partial charge in [-0.25, -0.2) is 13.2 Å². The molecule has 2 rings (SSSR count). The van der Waals surface area contributed by atoms with E-state index in [9.17, 15) is 13.2 Å². The number of carbonyl (C=O) groups is 1. The van der Waals surface area contributed by atoms with Crippen LogP contribution >= 0.6 is 23.2 Å². The molecule has 2 aromatic rings. The molecule has 8 heteroatoms. The van der Waals surface area contributed by atoms with Gasteiger partial charge in [-0.15, -0.1) is 0 Å². The van der Waals surface area contributed by atoms with Crippen LogP contribution in [0.15, 0.2) is 47.4 Å². The molecule has 0 aliphatic carbocycles. The number of anilines is 1. The second-order valence-corrected chi connectivity index (χ2v) is 6.69. The molecular weight excluding hydrogens is 349 g/mol. The van der Waals surface area contributed by atoms with Gasteiger partial charge in [-0.05, 0) is 30.3 Å². The Balaban J connectivity index is 2.39. The highest BCUT2D eigenvalue weighted by molar-refractivity contribution is 7.92. The molecule has 0 saturated heterocycles. The van der Waals surface area contributed by atoms with Gasteiger partial charge in [0.25, 0.3) is 10.0 Å². The molecule has 0 saturated carbocycles. The van der Waals surface area contributed by atoms with Gasteiger partial charge in [0.2, 0.25) is 0 Å². The Bertz CT molecular complexity index is 821. The quantitative estimate of drug-likeness (QED) is 0.846. The summed E-state index contributed by atoms with van der Waals surface area (Å²) in [7, 11) is -2.68. The minimum atomic E-state index is -3.88. The van der Waals surface area contributed by atoms with Crippen molar-refractivity contribution in [2.45, 2.75) is 4.90 Å². The van der Waals surface area contributed by atoms with Crippen LogP contribution in [0.25, 0.3) is 0 Å². The lowest BCUT2D eigenvalue weighted by atomic mass is 10.2. The Morgan fingerprint density at radius 3 is 2.41 bits per heavy atom. The molecule has 0 heterocycles. The zero-order valence-corrected chi connectivity index (χ0v) is 13.7. The van der Waals surface area contributed by atoms with Gasteiger partial charge in [0, 0.05) is 5.69 Å². The number of hydrogen-bond donors (Lipinski definition) is 1. The van der Waals surface area contributed by atoms with Crippen LogP contribution in [0.5, 0.6) is 0 Å². The number of esters is 1. The average Bonchev–Trinajstić information content (AvgIpc) is 2.48. The second kappa shape index (κ2) is 6.56. The molecule has 5 nitrogen and oxygen atoms in total. The standard InChI is InChI=1S/C14H11Cl2NO4S/c1-21-14(18)10-8-9(6-7-11(10)15)17-22(19,20)13-5-3-2-4-12(13)16/h2-8,17H,1H3. The third-order valence-corrected chi connectivity index (χ3v) is 4.96. The minimum Gasteiger partial charge on any atom is -0.465 e. The Kier molecular flexibility index (Phi) is 4.95. The van der Waals surface area contributed by atoms with Crippen molar-refractivity contribution in [3.63, 3.8) is 0 Å². The van der Waals surface area contributed by atoms with E-state index in [1.807, 2.05) is 0 Å². The molecule has 0 aromatic heterocycles. The van der Waals surface area contributed by atoms with Crippen molar-refractivity contribution in [1.82, 2.24) is 0 Å². The van der Waals surface area contributed by atoms with Crippen molar-refractivity contribution in [2.24, 2.45) is 0 Å². The molecule has 0 fully saturated rings. The van der Waals surface area contributed by atoms with E-state index in [4.69, 9.17) is 23.2 Å². The summed E-state index contributed by atoms with van der Waals surface area (Å²) in [6, 6.07) is 10.2. The van der Waals surface area contributed by atoms with Crippen LogP contribution in [-0.2, 0) is 14.8 Å². The first-order chi connectivity index (χ1) is 10.3. The number of ether oxygens (including phenoxy) is 1. The number of sulfonamides is 1. The maximum atomic E-state index is 12.3. The van der Waals surface area contributed by atoms with E-state index in [2.05, 4.69) is 9.46 Å². The molecular formula is C14H11Cl2NO4S. The summed E-state index contributed by atoms with van der Waals surface area (Å²) in [5, 5.41) is 0.254. The van der Waals surface area contributed by atoms with Gasteiger partial charge in [-0.3, -0.25) is 4.72 Å². The molecule has 0 bridgehead atoms. The van der Waals surface area contributed by atoms with E-state index in [1.165, 1.54) is 37.4 Å². The number of hydrogen-bond acceptors (Lipinski definition) is 4. The molecule has 116 valence electrons. The van der Waals surface area contributed by atoms with Gasteiger partial charge in [-0.1, -0.05) is 35.3 Å². The largest absolute Gasteiger partial charge is 0.465 e. The van der Waals surface area contributed by atoms with Crippen molar-refractivity contribution >= 4 is 44.9 Å². The highest BCUT2D eigenvalue weighted by Gasteiger charge is 2.19. The van der Waals surface area contributed by atoms with E-state index in [0.717, 1.165) is 0 Å². The van der Waals surface area contributed by atoms with E-state index in [1.54, 1.807) is 12.1 Å². The van der Waals surface area contributed by atoms with Crippen LogP contribution in [-0.4, -0.2) is 21.5 Å². The van der Waals surface area contributed by atoms with E-state index >= 15 is 0 Å². The lowest BCUT2D eigenvalue weighted by Gasteiger charge is -2.11. The Morgan fingerprint density at radius 1 is 1.09 bits per heavy atom. The fourth-order valence-electron chi connectivity index (χ4n) is 1.73. The summed E-state index contributed by atoms with van der Waals surface area (Å²) in [5.41, 5.74) is 0.230. The summed E-state index contributed by atoms with van der Waals surface area (Å²) in [6.07, 6.45) is 0. The third kappa shape index (κ3) is 3.52. The van der Waals surface area contributed by atoms with Crippen LogP contribution < -0.4 is 4.72 Å². The lowest BCUT2D eigenvalue weighted by molar-refractivity contribution is 0.0601. The average molecular weight is 360 g/mol. The van der Waals surface area contributed by atoms with Crippen molar-refractivity contribution in [3.05, 3.63) is 58.1 Å². The molecule has 2 aromatic carbocycles. The first kappa shape index (κ1) is 16.6. The third-order valence-electron chi connectivity index (χ3n) is 2.75. The first-order valence-corrected chi connectivity index (χ1v) is 8.24. The monoisotopic (exact) mass is 359 g/mol. The Morgan fingerprint density at radius 2 is 1.77 bits per heavy atom. The number of rotatable bonds is 4. The highest BCUT2D eigenvalue weighted by Crippen LogP contribution is 2.26. The van der Waals surface area contributed by atoms with Crippen LogP contribution in [0.2, 0.25) is 10.0 Å². The van der Waals surface area contributed by atoms with Crippen LogP contribution in [0.4, 0.5) is 5.69 Å². The van der Waals surface area contributed by atoms with Gasteiger partial charge in [-0.2, -0.15) is 0 Å². The second-order valence-electron chi connectivity index (χ2n) is 4.22. The van der Waals surface area contributed by atoms with Crippen molar-refractivity contribution < 1.29 is 17.9 Å². The number of halogens is 2. The number of benzene rings is 2. The smallest absolute Gasteiger partial charge is 0.339 e. The van der Waals surface area contributed by atoms with E-state index in [-0.39, 0.29) is 26.2 Å². The van der Waals surface area contributed by atoms with Gasteiger partial charge in [0.15, 0.2) is 0 Å². The number of methoxy groups -OCH3 is 1. The molecule has 0 amide bonds. The normalized spacial score (nSPS) is 11.0. The maximum absolute atomic E-state index is 12.3. The molecule has 0 radical (unpaired) electrons. The predicted molar refractivity (Wildman–Crippen MR) is 85.1 cm³/mol. The molecule has 22 heavy (non-hydrogen) atoms. The maximum Gasteiger partial charge on any atom is 0.339 e. The highest BCUT2D eigenvalue weighted by atomic mass is 35.5. The fraction of sp³-hybridized carbons (Fsp3) is 0.0714. The summed E-state index contributed by atoms with van der Waals surface area (Å²) in [4.78, 5) is 11.5. The molecule has 0 spiro atoms.